The molecule has 0 spiro atoms. The molecule has 1 aromatic rings. The van der Waals surface area contributed by atoms with Gasteiger partial charge in [0.2, 0.25) is 6.29 Å². The normalized spacial score (nSPS) is 32.3. The third kappa shape index (κ3) is 3.42. The Hall–Kier alpha value is -1.18. The van der Waals surface area contributed by atoms with Crippen LogP contribution in [0, 0.1) is 6.92 Å². The smallest absolute Gasteiger partial charge is 0.229 e. The molecule has 0 amide bonds. The molecule has 1 heterocycles. The Kier molecular flexibility index (Phi) is 5.41. The van der Waals surface area contributed by atoms with Crippen molar-refractivity contribution in [1.29, 1.82) is 0 Å². The van der Waals surface area contributed by atoms with Gasteiger partial charge in [-0.05, 0) is 30.0 Å². The van der Waals surface area contributed by atoms with Crippen LogP contribution >= 0.6 is 0 Å². The predicted octanol–water partition coefficient (Wildman–Crippen LogP) is 0.297. The topological polar surface area (TPSA) is 99.4 Å². The van der Waals surface area contributed by atoms with Crippen LogP contribution in [0.25, 0.3) is 0 Å². The second-order valence-electron chi connectivity index (χ2n) is 6.01. The molecule has 0 bridgehead atoms. The van der Waals surface area contributed by atoms with Gasteiger partial charge in [0.15, 0.2) is 0 Å². The van der Waals surface area contributed by atoms with Gasteiger partial charge in [-0.1, -0.05) is 26.0 Å². The maximum atomic E-state index is 10.0. The van der Waals surface area contributed by atoms with E-state index in [4.69, 9.17) is 9.47 Å². The largest absolute Gasteiger partial charge is 0.462 e. The maximum absolute atomic E-state index is 10.0. The fourth-order valence-corrected chi connectivity index (χ4v) is 2.51. The van der Waals surface area contributed by atoms with Crippen LogP contribution in [-0.4, -0.2) is 57.7 Å². The first-order valence-electron chi connectivity index (χ1n) is 7.43. The first-order valence-corrected chi connectivity index (χ1v) is 7.43. The van der Waals surface area contributed by atoms with Gasteiger partial charge in [0.05, 0.1) is 6.61 Å². The van der Waals surface area contributed by atoms with Crippen molar-refractivity contribution in [2.75, 3.05) is 6.61 Å². The molecule has 124 valence electrons. The Labute approximate surface area is 129 Å². The number of benzene rings is 1. The Morgan fingerprint density at radius 3 is 2.41 bits per heavy atom. The molecule has 22 heavy (non-hydrogen) atoms. The first kappa shape index (κ1) is 17.2. The number of hydrogen-bond donors (Lipinski definition) is 4. The minimum atomic E-state index is -1.44. The predicted molar refractivity (Wildman–Crippen MR) is 79.7 cm³/mol. The van der Waals surface area contributed by atoms with Crippen LogP contribution in [0.3, 0.4) is 0 Å². The summed E-state index contributed by atoms with van der Waals surface area (Å²) in [5.74, 6) is 0.764. The molecule has 4 N–H and O–H groups in total. The quantitative estimate of drug-likeness (QED) is 0.638. The van der Waals surface area contributed by atoms with E-state index in [0.29, 0.717) is 5.75 Å². The Balaban J connectivity index is 2.24. The molecular formula is C16H24O6. The summed E-state index contributed by atoms with van der Waals surface area (Å²) in [6, 6.07) is 5.74. The Bertz CT molecular complexity index is 501. The van der Waals surface area contributed by atoms with Crippen molar-refractivity contribution in [3.05, 3.63) is 29.3 Å². The van der Waals surface area contributed by atoms with Crippen LogP contribution in [0.5, 0.6) is 5.75 Å². The molecule has 6 nitrogen and oxygen atoms in total. The molecule has 0 aromatic heterocycles. The lowest BCUT2D eigenvalue weighted by Gasteiger charge is -2.39. The molecule has 0 radical (unpaired) electrons. The van der Waals surface area contributed by atoms with E-state index in [0.717, 1.165) is 11.1 Å². The van der Waals surface area contributed by atoms with Crippen LogP contribution in [0.4, 0.5) is 0 Å². The maximum Gasteiger partial charge on any atom is 0.229 e. The van der Waals surface area contributed by atoms with Gasteiger partial charge in [-0.3, -0.25) is 0 Å². The lowest BCUT2D eigenvalue weighted by Crippen LogP contribution is -2.60. The van der Waals surface area contributed by atoms with E-state index in [1.54, 1.807) is 0 Å². The standard InChI is InChI=1S/C16H24O6/c1-8(2)10-5-4-9(3)6-11(10)21-16-15(20)14(19)13(18)12(7-17)22-16/h4-6,8,12-20H,7H2,1-3H3. The summed E-state index contributed by atoms with van der Waals surface area (Å²) >= 11 is 0. The number of aryl methyl sites for hydroxylation is 1. The van der Waals surface area contributed by atoms with E-state index in [9.17, 15) is 20.4 Å². The average Bonchev–Trinajstić information content (AvgIpc) is 2.47. The van der Waals surface area contributed by atoms with E-state index in [2.05, 4.69) is 0 Å². The molecular weight excluding hydrogens is 288 g/mol. The van der Waals surface area contributed by atoms with Crippen LogP contribution in [0.2, 0.25) is 0 Å². The van der Waals surface area contributed by atoms with Crippen molar-refractivity contribution in [3.8, 4) is 5.75 Å². The summed E-state index contributed by atoms with van der Waals surface area (Å²) in [6.45, 7) is 5.48. The molecule has 0 saturated carbocycles. The molecule has 1 fully saturated rings. The fourth-order valence-electron chi connectivity index (χ4n) is 2.51. The van der Waals surface area contributed by atoms with Gasteiger partial charge in [0, 0.05) is 0 Å². The van der Waals surface area contributed by atoms with Crippen molar-refractivity contribution in [2.45, 2.75) is 57.4 Å². The first-order chi connectivity index (χ1) is 10.3. The number of ether oxygens (including phenoxy) is 2. The molecule has 5 unspecified atom stereocenters. The van der Waals surface area contributed by atoms with Gasteiger partial charge >= 0.3 is 0 Å². The van der Waals surface area contributed by atoms with Gasteiger partial charge in [0.25, 0.3) is 0 Å². The second-order valence-corrected chi connectivity index (χ2v) is 6.01. The zero-order valence-corrected chi connectivity index (χ0v) is 13.0. The van der Waals surface area contributed by atoms with Crippen molar-refractivity contribution in [1.82, 2.24) is 0 Å². The van der Waals surface area contributed by atoms with Gasteiger partial charge in [-0.15, -0.1) is 0 Å². The highest BCUT2D eigenvalue weighted by Gasteiger charge is 2.44. The van der Waals surface area contributed by atoms with Gasteiger partial charge in [-0.2, -0.15) is 0 Å². The SMILES string of the molecule is Cc1ccc(C(C)C)c(OC2OC(CO)C(O)C(O)C2O)c1. The minimum Gasteiger partial charge on any atom is -0.462 e. The molecule has 1 aliphatic heterocycles. The molecule has 0 aliphatic carbocycles. The third-order valence-corrected chi connectivity index (χ3v) is 3.88. The van der Waals surface area contributed by atoms with Crippen LogP contribution in [0.15, 0.2) is 18.2 Å². The lowest BCUT2D eigenvalue weighted by molar-refractivity contribution is -0.277. The van der Waals surface area contributed by atoms with E-state index >= 15 is 0 Å². The van der Waals surface area contributed by atoms with Crippen LogP contribution in [0.1, 0.15) is 30.9 Å². The number of aliphatic hydroxyl groups excluding tert-OH is 4. The number of aliphatic hydroxyl groups is 4. The lowest BCUT2D eigenvalue weighted by atomic mass is 9.98. The van der Waals surface area contributed by atoms with Gasteiger partial charge in [0.1, 0.15) is 30.2 Å². The molecule has 1 saturated heterocycles. The second kappa shape index (κ2) is 6.93. The summed E-state index contributed by atoms with van der Waals surface area (Å²) in [6.07, 6.45) is -6.37. The Morgan fingerprint density at radius 1 is 1.14 bits per heavy atom. The number of hydrogen-bond acceptors (Lipinski definition) is 6. The minimum absolute atomic E-state index is 0.209. The fraction of sp³-hybridized carbons (Fsp3) is 0.625. The van der Waals surface area contributed by atoms with Gasteiger partial charge < -0.3 is 29.9 Å². The molecule has 2 rings (SSSR count). The van der Waals surface area contributed by atoms with Gasteiger partial charge in [-0.25, -0.2) is 0 Å². The molecule has 1 aromatic carbocycles. The zero-order chi connectivity index (χ0) is 16.4. The highest BCUT2D eigenvalue weighted by molar-refractivity contribution is 5.39. The van der Waals surface area contributed by atoms with Crippen LogP contribution < -0.4 is 4.74 Å². The molecule has 6 heteroatoms. The summed E-state index contributed by atoms with van der Waals surface area (Å²) in [5, 5.41) is 38.8. The van der Waals surface area contributed by atoms with Crippen molar-refractivity contribution >= 4 is 0 Å². The Morgan fingerprint density at radius 2 is 1.82 bits per heavy atom. The molecule has 1 aliphatic rings. The summed E-state index contributed by atoms with van der Waals surface area (Å²) in [4.78, 5) is 0. The van der Waals surface area contributed by atoms with Crippen molar-refractivity contribution in [2.24, 2.45) is 0 Å². The summed E-state index contributed by atoms with van der Waals surface area (Å²) < 4.78 is 11.1. The molecule has 5 atom stereocenters. The zero-order valence-electron chi connectivity index (χ0n) is 13.0. The van der Waals surface area contributed by atoms with Crippen LogP contribution in [-0.2, 0) is 4.74 Å². The number of rotatable bonds is 4. The summed E-state index contributed by atoms with van der Waals surface area (Å²) in [7, 11) is 0. The monoisotopic (exact) mass is 312 g/mol. The van der Waals surface area contributed by atoms with E-state index in [-0.39, 0.29) is 5.92 Å². The average molecular weight is 312 g/mol. The van der Waals surface area contributed by atoms with E-state index in [1.807, 2.05) is 39.0 Å². The third-order valence-electron chi connectivity index (χ3n) is 3.88. The highest BCUT2D eigenvalue weighted by Crippen LogP contribution is 2.31. The van der Waals surface area contributed by atoms with Crippen molar-refractivity contribution < 1.29 is 29.9 Å². The summed E-state index contributed by atoms with van der Waals surface area (Å²) in [5.41, 5.74) is 1.94. The van der Waals surface area contributed by atoms with E-state index < -0.39 is 37.3 Å². The van der Waals surface area contributed by atoms with E-state index in [1.165, 1.54) is 0 Å². The van der Waals surface area contributed by atoms with Crippen molar-refractivity contribution in [3.63, 3.8) is 0 Å². The highest BCUT2D eigenvalue weighted by atomic mass is 16.7.